The van der Waals surface area contributed by atoms with Gasteiger partial charge in [-0.3, -0.25) is 9.36 Å². The average molecular weight is 308 g/mol. The summed E-state index contributed by atoms with van der Waals surface area (Å²) in [5.74, 6) is 0.608. The lowest BCUT2D eigenvalue weighted by Gasteiger charge is -2.16. The van der Waals surface area contributed by atoms with Crippen molar-refractivity contribution in [3.63, 3.8) is 0 Å². The van der Waals surface area contributed by atoms with Crippen LogP contribution in [-0.2, 0) is 6.54 Å². The smallest absolute Gasteiger partial charge is 0.261 e. The van der Waals surface area contributed by atoms with Gasteiger partial charge in [0, 0.05) is 0 Å². The number of aromatic nitrogens is 2. The van der Waals surface area contributed by atoms with Crippen LogP contribution in [0.5, 0.6) is 0 Å². The molecule has 2 aromatic carbocycles. The molecule has 4 nitrogen and oxygen atoms in total. The molecule has 4 heteroatoms. The van der Waals surface area contributed by atoms with Gasteiger partial charge in [0.25, 0.3) is 5.56 Å². The van der Waals surface area contributed by atoms with E-state index in [-0.39, 0.29) is 12.1 Å². The molecule has 0 fully saturated rings. The summed E-state index contributed by atoms with van der Waals surface area (Å²) in [4.78, 5) is 17.1. The fraction of sp³-hybridized carbons (Fsp3) is 0.263. The molecule has 3 aromatic rings. The van der Waals surface area contributed by atoms with Crippen LogP contribution in [0.3, 0.4) is 0 Å². The molecule has 1 unspecified atom stereocenters. The fourth-order valence-corrected chi connectivity index (χ4v) is 2.97. The first kappa shape index (κ1) is 15.4. The van der Waals surface area contributed by atoms with Crippen molar-refractivity contribution >= 4 is 10.9 Å². The normalized spacial score (nSPS) is 12.5. The Morgan fingerprint density at radius 2 is 1.74 bits per heavy atom. The van der Waals surface area contributed by atoms with Crippen LogP contribution in [0, 0.1) is 20.8 Å². The monoisotopic (exact) mass is 308 g/mol. The third-order valence-corrected chi connectivity index (χ3v) is 4.04. The molecule has 0 bridgehead atoms. The van der Waals surface area contributed by atoms with Crippen molar-refractivity contribution in [2.45, 2.75) is 33.4 Å². The van der Waals surface area contributed by atoms with Gasteiger partial charge < -0.3 is 5.11 Å². The van der Waals surface area contributed by atoms with E-state index in [0.29, 0.717) is 16.7 Å². The van der Waals surface area contributed by atoms with Crippen molar-refractivity contribution in [1.29, 1.82) is 0 Å². The fourth-order valence-electron chi connectivity index (χ4n) is 2.97. The molecule has 118 valence electrons. The lowest BCUT2D eigenvalue weighted by Crippen LogP contribution is -2.26. The number of fused-ring (bicyclic) bond motifs is 1. The summed E-state index contributed by atoms with van der Waals surface area (Å²) >= 11 is 0. The molecule has 1 atom stereocenters. The molecule has 0 amide bonds. The summed E-state index contributed by atoms with van der Waals surface area (Å²) in [5.41, 5.74) is 3.59. The van der Waals surface area contributed by atoms with E-state index in [0.717, 1.165) is 16.7 Å². The predicted molar refractivity (Wildman–Crippen MR) is 91.6 cm³/mol. The van der Waals surface area contributed by atoms with E-state index >= 15 is 0 Å². The molecule has 0 aliphatic heterocycles. The van der Waals surface area contributed by atoms with Gasteiger partial charge in [-0.05, 0) is 38.5 Å². The number of aryl methyl sites for hydroxylation is 3. The molecular weight excluding hydrogens is 288 g/mol. The van der Waals surface area contributed by atoms with Gasteiger partial charge in [-0.15, -0.1) is 0 Å². The third-order valence-electron chi connectivity index (χ3n) is 4.04. The van der Waals surface area contributed by atoms with Gasteiger partial charge in [0.1, 0.15) is 5.82 Å². The number of aliphatic hydroxyl groups excluding tert-OH is 1. The Morgan fingerprint density at radius 3 is 2.43 bits per heavy atom. The van der Waals surface area contributed by atoms with Crippen molar-refractivity contribution in [2.24, 2.45) is 0 Å². The van der Waals surface area contributed by atoms with Crippen LogP contribution in [0.4, 0.5) is 0 Å². The molecule has 3 rings (SSSR count). The Hall–Kier alpha value is -2.46. The lowest BCUT2D eigenvalue weighted by atomic mass is 10.0. The number of benzene rings is 2. The highest BCUT2D eigenvalue weighted by molar-refractivity contribution is 5.77. The SMILES string of the molecule is Cc1cc(C)cc(C(O)Cn2c(C)nc3ccccc3c2=O)c1. The molecule has 0 aliphatic carbocycles. The summed E-state index contributed by atoms with van der Waals surface area (Å²) < 4.78 is 1.55. The first-order valence-corrected chi connectivity index (χ1v) is 7.68. The number of hydrogen-bond acceptors (Lipinski definition) is 3. The van der Waals surface area contributed by atoms with Crippen LogP contribution in [0.1, 0.15) is 28.6 Å². The predicted octanol–water partition coefficient (Wildman–Crippen LogP) is 3.06. The third kappa shape index (κ3) is 3.03. The number of rotatable bonds is 3. The second-order valence-electron chi connectivity index (χ2n) is 6.03. The summed E-state index contributed by atoms with van der Waals surface area (Å²) in [7, 11) is 0. The zero-order valence-electron chi connectivity index (χ0n) is 13.6. The van der Waals surface area contributed by atoms with Crippen molar-refractivity contribution < 1.29 is 5.11 Å². The standard InChI is InChI=1S/C19H20N2O2/c1-12-8-13(2)10-15(9-12)18(22)11-21-14(3)20-17-7-5-4-6-16(17)19(21)23/h4-10,18,22H,11H2,1-3H3. The van der Waals surface area contributed by atoms with Crippen LogP contribution >= 0.6 is 0 Å². The lowest BCUT2D eigenvalue weighted by molar-refractivity contribution is 0.154. The molecule has 0 aliphatic rings. The molecule has 0 saturated carbocycles. The van der Waals surface area contributed by atoms with Crippen molar-refractivity contribution in [2.75, 3.05) is 0 Å². The second kappa shape index (κ2) is 5.97. The maximum absolute atomic E-state index is 12.7. The van der Waals surface area contributed by atoms with E-state index in [1.807, 2.05) is 44.2 Å². The molecule has 1 aromatic heterocycles. The Bertz CT molecular complexity index is 908. The number of nitrogens with zero attached hydrogens (tertiary/aromatic N) is 2. The van der Waals surface area contributed by atoms with Crippen molar-refractivity contribution in [1.82, 2.24) is 9.55 Å². The first-order valence-electron chi connectivity index (χ1n) is 7.68. The molecule has 23 heavy (non-hydrogen) atoms. The maximum atomic E-state index is 12.7. The van der Waals surface area contributed by atoms with Crippen LogP contribution in [0.25, 0.3) is 10.9 Å². The first-order chi connectivity index (χ1) is 11.0. The Morgan fingerprint density at radius 1 is 1.09 bits per heavy atom. The minimum Gasteiger partial charge on any atom is -0.387 e. The van der Waals surface area contributed by atoms with Gasteiger partial charge in [-0.2, -0.15) is 0 Å². The molecule has 0 radical (unpaired) electrons. The summed E-state index contributed by atoms with van der Waals surface area (Å²) in [6.45, 7) is 5.99. The van der Waals surface area contributed by atoms with E-state index in [1.54, 1.807) is 17.6 Å². The van der Waals surface area contributed by atoms with E-state index in [2.05, 4.69) is 11.1 Å². The number of hydrogen-bond donors (Lipinski definition) is 1. The Balaban J connectivity index is 2.02. The molecule has 0 spiro atoms. The molecule has 0 saturated heterocycles. The van der Waals surface area contributed by atoms with E-state index < -0.39 is 6.10 Å². The highest BCUT2D eigenvalue weighted by Crippen LogP contribution is 2.19. The van der Waals surface area contributed by atoms with Gasteiger partial charge in [0.05, 0.1) is 23.6 Å². The average Bonchev–Trinajstić information content (AvgIpc) is 2.50. The Labute approximate surface area is 135 Å². The van der Waals surface area contributed by atoms with E-state index in [9.17, 15) is 9.90 Å². The highest BCUT2D eigenvalue weighted by atomic mass is 16.3. The zero-order valence-corrected chi connectivity index (χ0v) is 13.6. The van der Waals surface area contributed by atoms with Gasteiger partial charge in [0.15, 0.2) is 0 Å². The van der Waals surface area contributed by atoms with Crippen LogP contribution in [0.15, 0.2) is 47.3 Å². The summed E-state index contributed by atoms with van der Waals surface area (Å²) in [6, 6.07) is 13.2. The molecule has 1 heterocycles. The summed E-state index contributed by atoms with van der Waals surface area (Å²) in [5, 5.41) is 11.1. The highest BCUT2D eigenvalue weighted by Gasteiger charge is 2.14. The number of para-hydroxylation sites is 1. The van der Waals surface area contributed by atoms with Crippen LogP contribution in [0.2, 0.25) is 0 Å². The van der Waals surface area contributed by atoms with Crippen molar-refractivity contribution in [3.8, 4) is 0 Å². The zero-order chi connectivity index (χ0) is 16.6. The largest absolute Gasteiger partial charge is 0.387 e. The van der Waals surface area contributed by atoms with Crippen molar-refractivity contribution in [3.05, 3.63) is 75.3 Å². The minimum atomic E-state index is -0.743. The molecular formula is C19H20N2O2. The number of aliphatic hydroxyl groups is 1. The van der Waals surface area contributed by atoms with Gasteiger partial charge in [0.2, 0.25) is 0 Å². The second-order valence-corrected chi connectivity index (χ2v) is 6.03. The quantitative estimate of drug-likeness (QED) is 0.809. The van der Waals surface area contributed by atoms with Crippen LogP contribution in [-0.4, -0.2) is 14.7 Å². The summed E-state index contributed by atoms with van der Waals surface area (Å²) in [6.07, 6.45) is -0.743. The van der Waals surface area contributed by atoms with Crippen LogP contribution < -0.4 is 5.56 Å². The minimum absolute atomic E-state index is 0.114. The maximum Gasteiger partial charge on any atom is 0.261 e. The molecule has 1 N–H and O–H groups in total. The van der Waals surface area contributed by atoms with Gasteiger partial charge in [-0.1, -0.05) is 41.5 Å². The topological polar surface area (TPSA) is 55.1 Å². The van der Waals surface area contributed by atoms with E-state index in [1.165, 1.54) is 0 Å². The van der Waals surface area contributed by atoms with Gasteiger partial charge in [-0.25, -0.2) is 4.98 Å². The van der Waals surface area contributed by atoms with Gasteiger partial charge >= 0.3 is 0 Å². The Kier molecular flexibility index (Phi) is 4.01. The van der Waals surface area contributed by atoms with E-state index in [4.69, 9.17) is 0 Å².